The lowest BCUT2D eigenvalue weighted by Crippen LogP contribution is -2.09. The summed E-state index contributed by atoms with van der Waals surface area (Å²) in [6.45, 7) is 3.52. The highest BCUT2D eigenvalue weighted by molar-refractivity contribution is 6.23. The molecule has 2 atom stereocenters. The third kappa shape index (κ3) is 4.08. The molecule has 0 fully saturated rings. The van der Waals surface area contributed by atoms with Crippen LogP contribution in [0.4, 0.5) is 8.78 Å². The summed E-state index contributed by atoms with van der Waals surface area (Å²) in [5.41, 5.74) is 1.49. The molecule has 0 aliphatic carbocycles. The smallest absolute Gasteiger partial charge is 0.176 e. The number of azo groups is 1. The second-order valence-electron chi connectivity index (χ2n) is 4.90. The molecule has 0 saturated heterocycles. The summed E-state index contributed by atoms with van der Waals surface area (Å²) in [6.07, 6.45) is 0. The summed E-state index contributed by atoms with van der Waals surface area (Å²) in [6, 6.07) is 11.6. The largest absolute Gasteiger partial charge is 0.207 e. The molecule has 0 saturated carbocycles. The van der Waals surface area contributed by atoms with Crippen molar-refractivity contribution in [2.45, 2.75) is 24.9 Å². The Morgan fingerprint density at radius 2 is 1.43 bits per heavy atom. The second-order valence-corrected chi connectivity index (χ2v) is 5.64. The van der Waals surface area contributed by atoms with E-state index >= 15 is 0 Å². The summed E-state index contributed by atoms with van der Waals surface area (Å²) < 4.78 is 25.8. The van der Waals surface area contributed by atoms with Gasteiger partial charge in [-0.1, -0.05) is 35.9 Å². The summed E-state index contributed by atoms with van der Waals surface area (Å²) in [4.78, 5) is -1.07. The Balaban J connectivity index is 2.15. The lowest BCUT2D eigenvalue weighted by atomic mass is 10.1. The molecular formula is C16H15ClF2N2. The van der Waals surface area contributed by atoms with Gasteiger partial charge in [0.1, 0.15) is 11.6 Å². The number of hydrogen-bond donors (Lipinski definition) is 0. The summed E-state index contributed by atoms with van der Waals surface area (Å²) in [7, 11) is 0. The van der Waals surface area contributed by atoms with Crippen LogP contribution in [-0.4, -0.2) is 0 Å². The third-order valence-corrected chi connectivity index (χ3v) is 3.44. The van der Waals surface area contributed by atoms with Crippen LogP contribution in [0.5, 0.6) is 0 Å². The lowest BCUT2D eigenvalue weighted by Gasteiger charge is -2.17. The van der Waals surface area contributed by atoms with Crippen molar-refractivity contribution in [3.05, 3.63) is 71.3 Å². The van der Waals surface area contributed by atoms with Crippen molar-refractivity contribution < 1.29 is 8.78 Å². The van der Waals surface area contributed by atoms with Crippen LogP contribution in [0.3, 0.4) is 0 Å². The van der Waals surface area contributed by atoms with Crippen LogP contribution in [-0.2, 0) is 5.00 Å². The molecule has 2 unspecified atom stereocenters. The van der Waals surface area contributed by atoms with E-state index in [-0.39, 0.29) is 17.7 Å². The van der Waals surface area contributed by atoms with Crippen LogP contribution >= 0.6 is 11.6 Å². The number of halogens is 3. The van der Waals surface area contributed by atoms with E-state index in [0.717, 1.165) is 5.56 Å². The van der Waals surface area contributed by atoms with Crippen LogP contribution in [0.15, 0.2) is 58.8 Å². The quantitative estimate of drug-likeness (QED) is 0.399. The number of benzene rings is 2. The van der Waals surface area contributed by atoms with E-state index in [1.54, 1.807) is 31.2 Å². The van der Waals surface area contributed by atoms with Crippen molar-refractivity contribution in [1.29, 1.82) is 0 Å². The van der Waals surface area contributed by atoms with Crippen molar-refractivity contribution in [3.8, 4) is 0 Å². The molecule has 0 aliphatic rings. The number of alkyl halides is 1. The second kappa shape index (κ2) is 6.31. The van der Waals surface area contributed by atoms with Gasteiger partial charge < -0.3 is 0 Å². The highest BCUT2D eigenvalue weighted by Crippen LogP contribution is 2.32. The van der Waals surface area contributed by atoms with Crippen LogP contribution < -0.4 is 0 Å². The number of rotatable bonds is 4. The fourth-order valence-electron chi connectivity index (χ4n) is 1.81. The molecule has 0 radical (unpaired) electrons. The molecule has 0 heterocycles. The molecule has 0 bridgehead atoms. The Morgan fingerprint density at radius 3 is 1.95 bits per heavy atom. The number of hydrogen-bond acceptors (Lipinski definition) is 2. The maximum Gasteiger partial charge on any atom is 0.176 e. The topological polar surface area (TPSA) is 24.7 Å². The first kappa shape index (κ1) is 15.6. The van der Waals surface area contributed by atoms with Crippen molar-refractivity contribution in [1.82, 2.24) is 0 Å². The highest BCUT2D eigenvalue weighted by atomic mass is 35.5. The average molecular weight is 309 g/mol. The molecule has 0 aromatic heterocycles. The molecule has 21 heavy (non-hydrogen) atoms. The first-order valence-corrected chi connectivity index (χ1v) is 6.89. The van der Waals surface area contributed by atoms with E-state index in [2.05, 4.69) is 10.2 Å². The van der Waals surface area contributed by atoms with Crippen molar-refractivity contribution in [2.75, 3.05) is 0 Å². The van der Waals surface area contributed by atoms with Crippen LogP contribution in [0.1, 0.15) is 31.0 Å². The summed E-state index contributed by atoms with van der Waals surface area (Å²) in [5.74, 6) is -0.626. The highest BCUT2D eigenvalue weighted by Gasteiger charge is 2.23. The minimum atomic E-state index is -1.07. The first-order valence-electron chi connectivity index (χ1n) is 6.51. The van der Waals surface area contributed by atoms with E-state index in [9.17, 15) is 8.78 Å². The van der Waals surface area contributed by atoms with E-state index in [4.69, 9.17) is 11.6 Å². The molecule has 2 rings (SSSR count). The van der Waals surface area contributed by atoms with Gasteiger partial charge in [0.2, 0.25) is 0 Å². The van der Waals surface area contributed by atoms with E-state index in [1.807, 2.05) is 6.92 Å². The molecule has 2 nitrogen and oxygen atoms in total. The Morgan fingerprint density at radius 1 is 0.952 bits per heavy atom. The summed E-state index contributed by atoms with van der Waals surface area (Å²) in [5, 5.41) is 8.30. The summed E-state index contributed by atoms with van der Waals surface area (Å²) >= 11 is 6.33. The zero-order valence-corrected chi connectivity index (χ0v) is 12.5. The number of nitrogens with zero attached hydrogens (tertiary/aromatic N) is 2. The van der Waals surface area contributed by atoms with Gasteiger partial charge in [-0.15, -0.1) is 0 Å². The molecular weight excluding hydrogens is 294 g/mol. The Bertz CT molecular complexity index is 622. The zero-order chi connectivity index (χ0) is 15.5. The van der Waals surface area contributed by atoms with Gasteiger partial charge in [-0.25, -0.2) is 8.78 Å². The van der Waals surface area contributed by atoms with Gasteiger partial charge in [-0.3, -0.25) is 0 Å². The van der Waals surface area contributed by atoms with Crippen LogP contribution in [0, 0.1) is 11.6 Å². The molecule has 5 heteroatoms. The molecule has 0 amide bonds. The average Bonchev–Trinajstić information content (AvgIpc) is 2.46. The van der Waals surface area contributed by atoms with Crippen LogP contribution in [0.2, 0.25) is 0 Å². The third-order valence-electron chi connectivity index (χ3n) is 3.14. The van der Waals surface area contributed by atoms with Gasteiger partial charge >= 0.3 is 0 Å². The minimum absolute atomic E-state index is 0.246. The van der Waals surface area contributed by atoms with Crippen LogP contribution in [0.25, 0.3) is 0 Å². The van der Waals surface area contributed by atoms with Crippen molar-refractivity contribution in [3.63, 3.8) is 0 Å². The predicted molar refractivity (Wildman–Crippen MR) is 79.3 cm³/mol. The molecule has 2 aromatic rings. The van der Waals surface area contributed by atoms with Gasteiger partial charge in [0.05, 0.1) is 6.04 Å². The van der Waals surface area contributed by atoms with Gasteiger partial charge in [0, 0.05) is 0 Å². The lowest BCUT2D eigenvalue weighted by molar-refractivity contribution is 0.600. The monoisotopic (exact) mass is 308 g/mol. The SMILES string of the molecule is CC(/N=N/C(C)(Cl)c1ccc(F)cc1)c1ccc(F)cc1. The zero-order valence-electron chi connectivity index (χ0n) is 11.7. The van der Waals surface area contributed by atoms with Gasteiger partial charge in [0.15, 0.2) is 5.00 Å². The molecule has 0 spiro atoms. The molecule has 2 aromatic carbocycles. The Hall–Kier alpha value is -1.81. The first-order chi connectivity index (χ1) is 9.88. The van der Waals surface area contributed by atoms with E-state index < -0.39 is 5.00 Å². The maximum absolute atomic E-state index is 12.9. The Labute approximate surface area is 127 Å². The Kier molecular flexibility index (Phi) is 4.68. The van der Waals surface area contributed by atoms with E-state index in [1.165, 1.54) is 24.3 Å². The fraction of sp³-hybridized carbons (Fsp3) is 0.250. The van der Waals surface area contributed by atoms with E-state index in [0.29, 0.717) is 5.56 Å². The van der Waals surface area contributed by atoms with Gasteiger partial charge in [-0.2, -0.15) is 10.2 Å². The predicted octanol–water partition coefficient (Wildman–Crippen LogP) is 5.59. The van der Waals surface area contributed by atoms with Crippen molar-refractivity contribution >= 4 is 11.6 Å². The van der Waals surface area contributed by atoms with Crippen molar-refractivity contribution in [2.24, 2.45) is 10.2 Å². The standard InChI is InChI=1S/C16H15ClF2N2/c1-11(12-3-7-14(18)8-4-12)20-21-16(2,17)13-5-9-15(19)10-6-13/h3-11H,1-2H3/b21-20+. The van der Waals surface area contributed by atoms with Gasteiger partial charge in [0.25, 0.3) is 0 Å². The maximum atomic E-state index is 12.9. The minimum Gasteiger partial charge on any atom is -0.207 e. The molecule has 110 valence electrons. The molecule has 0 N–H and O–H groups in total. The molecule has 0 aliphatic heterocycles. The van der Waals surface area contributed by atoms with Gasteiger partial charge in [-0.05, 0) is 49.2 Å². The normalized spacial score (nSPS) is 15.9. The fourth-order valence-corrected chi connectivity index (χ4v) is 1.98.